The molecule has 0 saturated carbocycles. The Hall–Kier alpha value is -2.99. The smallest absolute Gasteiger partial charge is 0.226 e. The van der Waals surface area contributed by atoms with E-state index in [0.29, 0.717) is 24.4 Å². The van der Waals surface area contributed by atoms with Crippen molar-refractivity contribution in [2.75, 3.05) is 31.0 Å². The lowest BCUT2D eigenvalue weighted by atomic mass is 10.2. The first-order valence-electron chi connectivity index (χ1n) is 9.04. The van der Waals surface area contributed by atoms with Crippen LogP contribution in [-0.4, -0.2) is 26.7 Å². The number of para-hydroxylation sites is 2. The fourth-order valence-corrected chi connectivity index (χ4v) is 3.60. The molecule has 0 atom stereocenters. The SMILES string of the molecule is COc1ccc(N(CCC(=O)Nc2ccccc2OC)Cc2cccs2)cc1. The van der Waals surface area contributed by atoms with Crippen LogP contribution in [0.4, 0.5) is 11.4 Å². The van der Waals surface area contributed by atoms with Gasteiger partial charge in [0.2, 0.25) is 5.91 Å². The van der Waals surface area contributed by atoms with Gasteiger partial charge in [0, 0.05) is 23.5 Å². The fourth-order valence-electron chi connectivity index (χ4n) is 2.88. The molecule has 146 valence electrons. The van der Waals surface area contributed by atoms with Gasteiger partial charge in [0.05, 0.1) is 26.5 Å². The largest absolute Gasteiger partial charge is 0.497 e. The summed E-state index contributed by atoms with van der Waals surface area (Å²) >= 11 is 1.71. The molecule has 0 aliphatic carbocycles. The van der Waals surface area contributed by atoms with Crippen LogP contribution >= 0.6 is 11.3 Å². The number of hydrogen-bond acceptors (Lipinski definition) is 5. The highest BCUT2D eigenvalue weighted by Crippen LogP contribution is 2.25. The Morgan fingerprint density at radius 2 is 1.79 bits per heavy atom. The number of rotatable bonds is 9. The van der Waals surface area contributed by atoms with Crippen LogP contribution in [0, 0.1) is 0 Å². The molecule has 0 aliphatic heterocycles. The number of thiophene rings is 1. The monoisotopic (exact) mass is 396 g/mol. The number of ether oxygens (including phenoxy) is 2. The van der Waals surface area contributed by atoms with Crippen molar-refractivity contribution >= 4 is 28.6 Å². The lowest BCUT2D eigenvalue weighted by Gasteiger charge is -2.24. The third-order valence-corrected chi connectivity index (χ3v) is 5.22. The highest BCUT2D eigenvalue weighted by atomic mass is 32.1. The highest BCUT2D eigenvalue weighted by molar-refractivity contribution is 7.09. The van der Waals surface area contributed by atoms with Crippen LogP contribution in [0.5, 0.6) is 11.5 Å². The van der Waals surface area contributed by atoms with Crippen molar-refractivity contribution in [2.45, 2.75) is 13.0 Å². The van der Waals surface area contributed by atoms with E-state index < -0.39 is 0 Å². The third kappa shape index (κ3) is 5.27. The third-order valence-electron chi connectivity index (χ3n) is 4.35. The van der Waals surface area contributed by atoms with Crippen molar-refractivity contribution in [1.29, 1.82) is 0 Å². The average molecular weight is 397 g/mol. The molecule has 1 aromatic heterocycles. The fraction of sp³-hybridized carbons (Fsp3) is 0.227. The molecule has 0 bridgehead atoms. The highest BCUT2D eigenvalue weighted by Gasteiger charge is 2.12. The number of methoxy groups -OCH3 is 2. The van der Waals surface area contributed by atoms with Crippen LogP contribution in [0.2, 0.25) is 0 Å². The normalized spacial score (nSPS) is 10.4. The molecule has 0 fully saturated rings. The van der Waals surface area contributed by atoms with Crippen molar-refractivity contribution in [3.05, 3.63) is 70.9 Å². The summed E-state index contributed by atoms with van der Waals surface area (Å²) < 4.78 is 10.5. The molecule has 6 heteroatoms. The molecule has 1 amide bonds. The van der Waals surface area contributed by atoms with Gasteiger partial charge in [-0.25, -0.2) is 0 Å². The lowest BCUT2D eigenvalue weighted by molar-refractivity contribution is -0.116. The second-order valence-corrected chi connectivity index (χ2v) is 7.23. The van der Waals surface area contributed by atoms with E-state index in [1.807, 2.05) is 54.6 Å². The van der Waals surface area contributed by atoms with E-state index >= 15 is 0 Å². The summed E-state index contributed by atoms with van der Waals surface area (Å²) in [5.74, 6) is 1.42. The second-order valence-electron chi connectivity index (χ2n) is 6.20. The molecule has 28 heavy (non-hydrogen) atoms. The van der Waals surface area contributed by atoms with Gasteiger partial charge in [-0.05, 0) is 47.8 Å². The predicted molar refractivity (Wildman–Crippen MR) is 115 cm³/mol. The maximum atomic E-state index is 12.5. The number of nitrogens with zero attached hydrogens (tertiary/aromatic N) is 1. The predicted octanol–water partition coefficient (Wildman–Crippen LogP) is 4.80. The Morgan fingerprint density at radius 1 is 1.00 bits per heavy atom. The maximum Gasteiger partial charge on any atom is 0.226 e. The molecular formula is C22H24N2O3S. The van der Waals surface area contributed by atoms with E-state index in [4.69, 9.17) is 9.47 Å². The number of hydrogen-bond donors (Lipinski definition) is 1. The lowest BCUT2D eigenvalue weighted by Crippen LogP contribution is -2.27. The minimum Gasteiger partial charge on any atom is -0.497 e. The average Bonchev–Trinajstić information content (AvgIpc) is 3.25. The molecule has 0 spiro atoms. The second kappa shape index (κ2) is 9.80. The minimum absolute atomic E-state index is 0.0470. The van der Waals surface area contributed by atoms with Crippen molar-refractivity contribution in [1.82, 2.24) is 0 Å². The summed E-state index contributed by atoms with van der Waals surface area (Å²) in [4.78, 5) is 16.0. The standard InChI is InChI=1S/C22H24N2O3S/c1-26-18-11-9-17(10-12-18)24(16-19-6-5-15-28-19)14-13-22(25)23-20-7-3-4-8-21(20)27-2/h3-12,15H,13-14,16H2,1-2H3,(H,23,25). The molecule has 0 aliphatic rings. The molecule has 3 rings (SSSR count). The van der Waals surface area contributed by atoms with Crippen LogP contribution in [0.25, 0.3) is 0 Å². The van der Waals surface area contributed by atoms with E-state index in [1.165, 1.54) is 4.88 Å². The summed E-state index contributed by atoms with van der Waals surface area (Å²) in [6.45, 7) is 1.36. The Bertz CT molecular complexity index is 879. The number of carbonyl (C=O) groups excluding carboxylic acids is 1. The van der Waals surface area contributed by atoms with Crippen LogP contribution in [0.3, 0.4) is 0 Å². The first-order valence-corrected chi connectivity index (χ1v) is 9.92. The molecule has 0 unspecified atom stereocenters. The number of nitrogens with one attached hydrogen (secondary N) is 1. The van der Waals surface area contributed by atoms with Gasteiger partial charge < -0.3 is 19.7 Å². The number of anilines is 2. The molecule has 2 aromatic carbocycles. The molecule has 1 heterocycles. The molecule has 3 aromatic rings. The Kier molecular flexibility index (Phi) is 6.92. The maximum absolute atomic E-state index is 12.5. The zero-order valence-electron chi connectivity index (χ0n) is 16.1. The van der Waals surface area contributed by atoms with E-state index in [9.17, 15) is 4.79 Å². The summed E-state index contributed by atoms with van der Waals surface area (Å²) in [6.07, 6.45) is 0.370. The van der Waals surface area contributed by atoms with E-state index in [0.717, 1.165) is 18.0 Å². The molecule has 0 saturated heterocycles. The van der Waals surface area contributed by atoms with Gasteiger partial charge in [-0.15, -0.1) is 11.3 Å². The van der Waals surface area contributed by atoms with Crippen LogP contribution < -0.4 is 19.7 Å². The summed E-state index contributed by atoms with van der Waals surface area (Å²) in [6, 6.07) is 19.5. The Labute approximate surface area is 169 Å². The molecule has 1 N–H and O–H groups in total. The topological polar surface area (TPSA) is 50.8 Å². The molecule has 0 radical (unpaired) electrons. The number of benzene rings is 2. The number of carbonyl (C=O) groups is 1. The first kappa shape index (κ1) is 19.8. The van der Waals surface area contributed by atoms with Gasteiger partial charge in [0.25, 0.3) is 0 Å². The van der Waals surface area contributed by atoms with E-state index in [-0.39, 0.29) is 5.91 Å². The van der Waals surface area contributed by atoms with Gasteiger partial charge >= 0.3 is 0 Å². The van der Waals surface area contributed by atoms with Crippen LogP contribution in [-0.2, 0) is 11.3 Å². The molecular weight excluding hydrogens is 372 g/mol. The minimum atomic E-state index is -0.0470. The van der Waals surface area contributed by atoms with Crippen LogP contribution in [0.15, 0.2) is 66.0 Å². The number of amides is 1. The molecule has 5 nitrogen and oxygen atoms in total. The summed E-state index contributed by atoms with van der Waals surface area (Å²) in [7, 11) is 3.25. The first-order chi connectivity index (χ1) is 13.7. The zero-order chi connectivity index (χ0) is 19.8. The Balaban J connectivity index is 1.67. The van der Waals surface area contributed by atoms with Gasteiger partial charge in [0.15, 0.2) is 0 Å². The quantitative estimate of drug-likeness (QED) is 0.564. The van der Waals surface area contributed by atoms with Crippen molar-refractivity contribution < 1.29 is 14.3 Å². The van der Waals surface area contributed by atoms with Crippen LogP contribution in [0.1, 0.15) is 11.3 Å². The van der Waals surface area contributed by atoms with E-state index in [1.54, 1.807) is 25.6 Å². The zero-order valence-corrected chi connectivity index (χ0v) is 16.9. The Morgan fingerprint density at radius 3 is 2.46 bits per heavy atom. The van der Waals surface area contributed by atoms with Crippen molar-refractivity contribution in [3.8, 4) is 11.5 Å². The summed E-state index contributed by atoms with van der Waals surface area (Å²) in [5, 5.41) is 5.00. The summed E-state index contributed by atoms with van der Waals surface area (Å²) in [5.41, 5.74) is 1.74. The van der Waals surface area contributed by atoms with Gasteiger partial charge in [0.1, 0.15) is 11.5 Å². The van der Waals surface area contributed by atoms with Gasteiger partial charge in [-0.1, -0.05) is 18.2 Å². The van der Waals surface area contributed by atoms with Gasteiger partial charge in [-0.2, -0.15) is 0 Å². The van der Waals surface area contributed by atoms with Gasteiger partial charge in [-0.3, -0.25) is 4.79 Å². The van der Waals surface area contributed by atoms with Crippen molar-refractivity contribution in [3.63, 3.8) is 0 Å². The van der Waals surface area contributed by atoms with E-state index in [2.05, 4.69) is 21.7 Å². The van der Waals surface area contributed by atoms with Crippen molar-refractivity contribution in [2.24, 2.45) is 0 Å².